The summed E-state index contributed by atoms with van der Waals surface area (Å²) in [6.07, 6.45) is 0.679. The number of anilines is 1. The zero-order valence-electron chi connectivity index (χ0n) is 11.4. The molecule has 1 heterocycles. The lowest BCUT2D eigenvalue weighted by Gasteiger charge is -2.25. The van der Waals surface area contributed by atoms with Crippen molar-refractivity contribution in [2.75, 3.05) is 25.0 Å². The van der Waals surface area contributed by atoms with Gasteiger partial charge in [0.2, 0.25) is 5.91 Å². The predicted molar refractivity (Wildman–Crippen MR) is 77.4 cm³/mol. The largest absolute Gasteiger partial charge is 0.478 e. The average molecular weight is 297 g/mol. The number of benzene rings is 1. The minimum absolute atomic E-state index is 0.0288. The Labute approximate surface area is 122 Å². The first kappa shape index (κ1) is 14.7. The Morgan fingerprint density at radius 3 is 2.75 bits per heavy atom. The summed E-state index contributed by atoms with van der Waals surface area (Å²) in [5.74, 6) is -1.09. The van der Waals surface area contributed by atoms with E-state index in [9.17, 15) is 14.7 Å². The number of amides is 1. The first-order valence-corrected chi connectivity index (χ1v) is 6.76. The van der Waals surface area contributed by atoms with Gasteiger partial charge in [-0.05, 0) is 25.5 Å². The summed E-state index contributed by atoms with van der Waals surface area (Å²) >= 11 is 5.98. The zero-order chi connectivity index (χ0) is 14.9. The zero-order valence-corrected chi connectivity index (χ0v) is 12.2. The number of carboxylic acid groups (broad SMARTS) is 1. The minimum Gasteiger partial charge on any atom is -0.478 e. The molecule has 2 rings (SSSR count). The Bertz CT molecular complexity index is 561. The smallest absolute Gasteiger partial charge is 0.339 e. The molecule has 0 spiro atoms. The molecular weight excluding hydrogens is 280 g/mol. The van der Waals surface area contributed by atoms with E-state index in [1.807, 2.05) is 11.8 Å². The van der Waals surface area contributed by atoms with Crippen LogP contribution < -0.4 is 10.2 Å². The fourth-order valence-electron chi connectivity index (χ4n) is 2.64. The number of hydrogen-bond donors (Lipinski definition) is 2. The molecule has 20 heavy (non-hydrogen) atoms. The highest BCUT2D eigenvalue weighted by molar-refractivity contribution is 6.34. The monoisotopic (exact) mass is 296 g/mol. The molecule has 108 valence electrons. The summed E-state index contributed by atoms with van der Waals surface area (Å²) in [5, 5.41) is 12.2. The van der Waals surface area contributed by atoms with Crippen LogP contribution in [-0.4, -0.2) is 37.1 Å². The third-order valence-corrected chi connectivity index (χ3v) is 4.11. The average Bonchev–Trinajstić information content (AvgIpc) is 2.81. The first-order valence-electron chi connectivity index (χ1n) is 6.38. The SMILES string of the molecule is CNC(=O)C1(C)CCN(c2cccc(Cl)c2C(=O)O)C1. The highest BCUT2D eigenvalue weighted by Gasteiger charge is 2.40. The van der Waals surface area contributed by atoms with Gasteiger partial charge in [-0.15, -0.1) is 0 Å². The van der Waals surface area contributed by atoms with Crippen LogP contribution in [0, 0.1) is 5.41 Å². The topological polar surface area (TPSA) is 69.6 Å². The van der Waals surface area contributed by atoms with E-state index in [2.05, 4.69) is 5.32 Å². The highest BCUT2D eigenvalue weighted by atomic mass is 35.5. The lowest BCUT2D eigenvalue weighted by Crippen LogP contribution is -2.39. The molecule has 1 amide bonds. The summed E-state index contributed by atoms with van der Waals surface area (Å²) in [6.45, 7) is 2.99. The van der Waals surface area contributed by atoms with Gasteiger partial charge in [-0.25, -0.2) is 4.79 Å². The van der Waals surface area contributed by atoms with E-state index in [0.717, 1.165) is 0 Å². The van der Waals surface area contributed by atoms with Gasteiger partial charge in [-0.1, -0.05) is 17.7 Å². The lowest BCUT2D eigenvalue weighted by molar-refractivity contribution is -0.128. The van der Waals surface area contributed by atoms with Gasteiger partial charge < -0.3 is 15.3 Å². The molecule has 0 bridgehead atoms. The molecule has 0 aromatic heterocycles. The van der Waals surface area contributed by atoms with Gasteiger partial charge in [0.1, 0.15) is 5.56 Å². The fourth-order valence-corrected chi connectivity index (χ4v) is 2.89. The summed E-state index contributed by atoms with van der Waals surface area (Å²) in [4.78, 5) is 25.2. The molecule has 1 fully saturated rings. The third kappa shape index (κ3) is 2.45. The van der Waals surface area contributed by atoms with Crippen LogP contribution in [0.1, 0.15) is 23.7 Å². The lowest BCUT2D eigenvalue weighted by atomic mass is 9.89. The van der Waals surface area contributed by atoms with Crippen molar-refractivity contribution in [3.05, 3.63) is 28.8 Å². The van der Waals surface area contributed by atoms with Gasteiger partial charge in [0, 0.05) is 20.1 Å². The van der Waals surface area contributed by atoms with Crippen LogP contribution in [0.2, 0.25) is 5.02 Å². The maximum Gasteiger partial charge on any atom is 0.339 e. The van der Waals surface area contributed by atoms with Crippen molar-refractivity contribution in [1.82, 2.24) is 5.32 Å². The molecule has 1 aliphatic rings. The molecule has 1 aliphatic heterocycles. The summed E-state index contributed by atoms with van der Waals surface area (Å²) in [7, 11) is 1.61. The third-order valence-electron chi connectivity index (χ3n) is 3.79. The quantitative estimate of drug-likeness (QED) is 0.895. The van der Waals surface area contributed by atoms with Crippen LogP contribution in [-0.2, 0) is 4.79 Å². The minimum atomic E-state index is -1.06. The van der Waals surface area contributed by atoms with Crippen molar-refractivity contribution in [1.29, 1.82) is 0 Å². The van der Waals surface area contributed by atoms with Crippen molar-refractivity contribution in [3.63, 3.8) is 0 Å². The second kappa shape index (κ2) is 5.32. The van der Waals surface area contributed by atoms with E-state index in [0.29, 0.717) is 25.2 Å². The number of carbonyl (C=O) groups excluding carboxylic acids is 1. The normalized spacial score (nSPS) is 21.9. The number of rotatable bonds is 3. The van der Waals surface area contributed by atoms with E-state index in [-0.39, 0.29) is 16.5 Å². The van der Waals surface area contributed by atoms with Gasteiger partial charge in [-0.2, -0.15) is 0 Å². The Hall–Kier alpha value is -1.75. The summed E-state index contributed by atoms with van der Waals surface area (Å²) in [6, 6.07) is 5.01. The number of nitrogens with one attached hydrogen (secondary N) is 1. The number of nitrogens with zero attached hydrogens (tertiary/aromatic N) is 1. The van der Waals surface area contributed by atoms with E-state index < -0.39 is 11.4 Å². The molecule has 0 saturated carbocycles. The molecule has 1 aromatic carbocycles. The molecule has 6 heteroatoms. The van der Waals surface area contributed by atoms with Gasteiger partial charge in [0.05, 0.1) is 16.1 Å². The van der Waals surface area contributed by atoms with E-state index >= 15 is 0 Å². The van der Waals surface area contributed by atoms with Crippen molar-refractivity contribution in [3.8, 4) is 0 Å². The molecule has 0 radical (unpaired) electrons. The van der Waals surface area contributed by atoms with Crippen LogP contribution in [0.5, 0.6) is 0 Å². The van der Waals surface area contributed by atoms with Crippen molar-refractivity contribution in [2.24, 2.45) is 5.41 Å². The maximum atomic E-state index is 11.9. The second-order valence-electron chi connectivity index (χ2n) is 5.25. The van der Waals surface area contributed by atoms with Crippen LogP contribution >= 0.6 is 11.6 Å². The maximum absolute atomic E-state index is 11.9. The molecule has 5 nitrogen and oxygen atoms in total. The molecular formula is C14H17ClN2O3. The highest BCUT2D eigenvalue weighted by Crippen LogP contribution is 2.36. The van der Waals surface area contributed by atoms with E-state index in [1.54, 1.807) is 25.2 Å². The first-order chi connectivity index (χ1) is 9.39. The molecule has 2 N–H and O–H groups in total. The van der Waals surface area contributed by atoms with E-state index in [4.69, 9.17) is 11.6 Å². The van der Waals surface area contributed by atoms with Crippen molar-refractivity contribution >= 4 is 29.2 Å². The molecule has 1 aromatic rings. The van der Waals surface area contributed by atoms with Crippen LogP contribution in [0.15, 0.2) is 18.2 Å². The fraction of sp³-hybridized carbons (Fsp3) is 0.429. The summed E-state index contributed by atoms with van der Waals surface area (Å²) < 4.78 is 0. The Balaban J connectivity index is 2.34. The van der Waals surface area contributed by atoms with Crippen molar-refractivity contribution < 1.29 is 14.7 Å². The number of halogens is 1. The van der Waals surface area contributed by atoms with Crippen LogP contribution in [0.3, 0.4) is 0 Å². The van der Waals surface area contributed by atoms with E-state index in [1.165, 1.54) is 0 Å². The van der Waals surface area contributed by atoms with Crippen LogP contribution in [0.4, 0.5) is 5.69 Å². The van der Waals surface area contributed by atoms with Gasteiger partial charge in [0.15, 0.2) is 0 Å². The Kier molecular flexibility index (Phi) is 3.90. The number of carboxylic acids is 1. The van der Waals surface area contributed by atoms with Gasteiger partial charge in [0.25, 0.3) is 0 Å². The van der Waals surface area contributed by atoms with Gasteiger partial charge in [-0.3, -0.25) is 4.79 Å². The second-order valence-corrected chi connectivity index (χ2v) is 5.66. The number of hydrogen-bond acceptors (Lipinski definition) is 3. The number of aromatic carboxylic acids is 1. The van der Waals surface area contributed by atoms with Crippen molar-refractivity contribution in [2.45, 2.75) is 13.3 Å². The standard InChI is InChI=1S/C14H17ClN2O3/c1-14(13(20)16-2)6-7-17(8-14)10-5-3-4-9(15)11(10)12(18)19/h3-5H,6-8H2,1-2H3,(H,16,20)(H,18,19). The predicted octanol–water partition coefficient (Wildman–Crippen LogP) is 2.00. The molecule has 1 saturated heterocycles. The molecule has 1 unspecified atom stereocenters. The van der Waals surface area contributed by atoms with Crippen LogP contribution in [0.25, 0.3) is 0 Å². The molecule has 1 atom stereocenters. The Morgan fingerprint density at radius 2 is 2.15 bits per heavy atom. The molecule has 0 aliphatic carbocycles. The van der Waals surface area contributed by atoms with Gasteiger partial charge >= 0.3 is 5.97 Å². The summed E-state index contributed by atoms with van der Waals surface area (Å²) in [5.41, 5.74) is 0.153. The number of carbonyl (C=O) groups is 2. The Morgan fingerprint density at radius 1 is 1.45 bits per heavy atom.